The second kappa shape index (κ2) is 16.0. The first-order chi connectivity index (χ1) is 29.1. The molecule has 0 aliphatic rings. The normalized spacial score (nSPS) is 13.0. The summed E-state index contributed by atoms with van der Waals surface area (Å²) in [6.45, 7) is 8.05. The minimum absolute atomic E-state index is 0.867. The van der Waals surface area contributed by atoms with Crippen molar-refractivity contribution in [2.75, 3.05) is 0 Å². The summed E-state index contributed by atoms with van der Waals surface area (Å²) in [6.07, 6.45) is 22.8. The Morgan fingerprint density at radius 3 is 1.88 bits per heavy atom. The van der Waals surface area contributed by atoms with E-state index in [4.69, 9.17) is 11.4 Å². The first-order valence-electron chi connectivity index (χ1n) is 20.0. The van der Waals surface area contributed by atoms with Crippen molar-refractivity contribution in [1.82, 2.24) is 9.38 Å². The molecule has 280 valence electrons. The number of benzene rings is 7. The Morgan fingerprint density at radius 1 is 0.644 bits per heavy atom. The minimum atomic E-state index is 0.867. The monoisotopic (exact) mass is 754 g/mol. The maximum absolute atomic E-state index is 6.18. The van der Waals surface area contributed by atoms with Gasteiger partial charge in [-0.15, -0.1) is 6.42 Å². The van der Waals surface area contributed by atoms with Crippen LogP contribution in [0.5, 0.6) is 0 Å². The highest BCUT2D eigenvalue weighted by molar-refractivity contribution is 6.06. The van der Waals surface area contributed by atoms with Gasteiger partial charge in [0, 0.05) is 22.5 Å². The highest BCUT2D eigenvalue weighted by Gasteiger charge is 2.21. The molecular weight excluding hydrogens is 713 g/mol. The van der Waals surface area contributed by atoms with Gasteiger partial charge in [0.1, 0.15) is 5.65 Å². The van der Waals surface area contributed by atoms with Crippen LogP contribution in [0.15, 0.2) is 194 Å². The largest absolute Gasteiger partial charge is 0.298 e. The molecule has 0 amide bonds. The second-order valence-corrected chi connectivity index (χ2v) is 14.6. The van der Waals surface area contributed by atoms with E-state index in [1.54, 1.807) is 0 Å². The number of terminal acetylenes is 1. The zero-order chi connectivity index (χ0) is 40.3. The number of rotatable bonds is 8. The van der Waals surface area contributed by atoms with Crippen molar-refractivity contribution >= 4 is 62.0 Å². The van der Waals surface area contributed by atoms with Crippen LogP contribution >= 0.6 is 0 Å². The van der Waals surface area contributed by atoms with Crippen molar-refractivity contribution in [3.63, 3.8) is 0 Å². The van der Waals surface area contributed by atoms with Crippen LogP contribution in [0.3, 0.4) is 0 Å². The van der Waals surface area contributed by atoms with Crippen molar-refractivity contribution in [2.24, 2.45) is 0 Å². The van der Waals surface area contributed by atoms with E-state index in [1.165, 1.54) is 21.5 Å². The number of nitrogens with zero attached hydrogens (tertiary/aromatic N) is 2. The Bertz CT molecular complexity index is 3350. The molecule has 0 aliphatic heterocycles. The van der Waals surface area contributed by atoms with Gasteiger partial charge in [-0.25, -0.2) is 4.98 Å². The van der Waals surface area contributed by atoms with Crippen molar-refractivity contribution < 1.29 is 0 Å². The zero-order valence-electron chi connectivity index (χ0n) is 33.2. The Kier molecular flexibility index (Phi) is 10.0. The van der Waals surface area contributed by atoms with Gasteiger partial charge in [0.05, 0.1) is 11.0 Å². The third-order valence-electron chi connectivity index (χ3n) is 11.2. The molecule has 0 saturated carbocycles. The lowest BCUT2D eigenvalue weighted by molar-refractivity contribution is 1.23. The van der Waals surface area contributed by atoms with Gasteiger partial charge in [-0.3, -0.25) is 4.40 Å². The molecule has 0 fully saturated rings. The number of fused-ring (bicyclic) bond motifs is 5. The Balaban J connectivity index is 1.28. The molecule has 0 unspecified atom stereocenters. The van der Waals surface area contributed by atoms with E-state index in [9.17, 15) is 0 Å². The van der Waals surface area contributed by atoms with E-state index in [2.05, 4.69) is 213 Å². The summed E-state index contributed by atoms with van der Waals surface area (Å²) in [4.78, 5) is 5.44. The SMILES string of the molecule is C#C/C=c1/c(-c2ccc3ccccc3c2)c2c(nc3ccc(-c4ccc(/C=C(C(/C=C\C=C)=C/C)\c5ccccc5)cc4)cn32)c(-c2ccc3ccccc3c2)/c1=C/C. The van der Waals surface area contributed by atoms with Gasteiger partial charge in [-0.05, 0) is 122 Å². The van der Waals surface area contributed by atoms with Crippen LogP contribution in [0.25, 0.3) is 95.4 Å². The predicted octanol–water partition coefficient (Wildman–Crippen LogP) is 13.2. The van der Waals surface area contributed by atoms with E-state index in [0.717, 1.165) is 82.8 Å². The van der Waals surface area contributed by atoms with Crippen LogP contribution in [-0.4, -0.2) is 9.38 Å². The van der Waals surface area contributed by atoms with Crippen LogP contribution in [0.1, 0.15) is 25.0 Å². The predicted molar refractivity (Wildman–Crippen MR) is 254 cm³/mol. The minimum Gasteiger partial charge on any atom is -0.298 e. The lowest BCUT2D eigenvalue weighted by Crippen LogP contribution is -2.29. The van der Waals surface area contributed by atoms with Gasteiger partial charge in [0.2, 0.25) is 0 Å². The summed E-state index contributed by atoms with van der Waals surface area (Å²) in [7, 11) is 0. The zero-order valence-corrected chi connectivity index (χ0v) is 33.2. The highest BCUT2D eigenvalue weighted by atomic mass is 15.0. The fourth-order valence-electron chi connectivity index (χ4n) is 8.36. The number of allylic oxidation sites excluding steroid dienone is 6. The van der Waals surface area contributed by atoms with Crippen molar-refractivity contribution in [1.29, 1.82) is 0 Å². The average molecular weight is 755 g/mol. The van der Waals surface area contributed by atoms with Crippen molar-refractivity contribution in [3.8, 4) is 45.7 Å². The molecule has 2 heterocycles. The summed E-state index contributed by atoms with van der Waals surface area (Å²) in [5, 5.41) is 6.80. The molecule has 0 saturated heterocycles. The third kappa shape index (κ3) is 6.90. The van der Waals surface area contributed by atoms with Crippen LogP contribution in [-0.2, 0) is 0 Å². The van der Waals surface area contributed by atoms with Gasteiger partial charge in [0.25, 0.3) is 0 Å². The van der Waals surface area contributed by atoms with E-state index >= 15 is 0 Å². The number of imidazole rings is 1. The fraction of sp³-hybridized carbons (Fsp3) is 0.0351. The summed E-state index contributed by atoms with van der Waals surface area (Å²) < 4.78 is 2.26. The maximum Gasteiger partial charge on any atom is 0.137 e. The van der Waals surface area contributed by atoms with Gasteiger partial charge in [-0.2, -0.15) is 0 Å². The topological polar surface area (TPSA) is 17.3 Å². The number of hydrogen-bond donors (Lipinski definition) is 0. The molecule has 0 bridgehead atoms. The van der Waals surface area contributed by atoms with Crippen LogP contribution < -0.4 is 10.4 Å². The molecule has 0 N–H and O–H groups in total. The van der Waals surface area contributed by atoms with Gasteiger partial charge < -0.3 is 0 Å². The smallest absolute Gasteiger partial charge is 0.137 e. The molecule has 0 atom stereocenters. The maximum atomic E-state index is 6.18. The molecular formula is C57H42N2. The Labute approximate surface area is 345 Å². The number of aromatic nitrogens is 2. The van der Waals surface area contributed by atoms with Gasteiger partial charge >= 0.3 is 0 Å². The van der Waals surface area contributed by atoms with Crippen molar-refractivity contribution in [3.05, 3.63) is 216 Å². The van der Waals surface area contributed by atoms with Crippen LogP contribution in [0, 0.1) is 12.3 Å². The lowest BCUT2D eigenvalue weighted by Gasteiger charge is -2.14. The van der Waals surface area contributed by atoms with Gasteiger partial charge in [-0.1, -0.05) is 170 Å². The fourth-order valence-corrected chi connectivity index (χ4v) is 8.36. The molecule has 0 spiro atoms. The number of hydrogen-bond acceptors (Lipinski definition) is 1. The lowest BCUT2D eigenvalue weighted by atomic mass is 9.91. The summed E-state index contributed by atoms with van der Waals surface area (Å²) in [5.74, 6) is 2.92. The summed E-state index contributed by atoms with van der Waals surface area (Å²) >= 11 is 0. The summed E-state index contributed by atoms with van der Waals surface area (Å²) in [6, 6.07) is 54.0. The van der Waals surface area contributed by atoms with E-state index in [0.29, 0.717) is 0 Å². The molecule has 59 heavy (non-hydrogen) atoms. The average Bonchev–Trinajstić information content (AvgIpc) is 3.67. The molecule has 7 aromatic carbocycles. The second-order valence-electron chi connectivity index (χ2n) is 14.6. The summed E-state index contributed by atoms with van der Waals surface area (Å²) in [5.41, 5.74) is 13.9. The Morgan fingerprint density at radius 2 is 1.25 bits per heavy atom. The van der Waals surface area contributed by atoms with E-state index in [-0.39, 0.29) is 0 Å². The van der Waals surface area contributed by atoms with Gasteiger partial charge in [0.15, 0.2) is 0 Å². The van der Waals surface area contributed by atoms with E-state index in [1.807, 2.05) is 18.2 Å². The number of pyridine rings is 1. The highest BCUT2D eigenvalue weighted by Crippen LogP contribution is 2.36. The first kappa shape index (κ1) is 36.9. The molecule has 9 aromatic rings. The molecule has 0 radical (unpaired) electrons. The molecule has 0 aliphatic carbocycles. The molecule has 9 rings (SSSR count). The quantitative estimate of drug-likeness (QED) is 0.0858. The molecule has 2 nitrogen and oxygen atoms in total. The van der Waals surface area contributed by atoms with Crippen LogP contribution in [0.2, 0.25) is 0 Å². The van der Waals surface area contributed by atoms with Crippen molar-refractivity contribution in [2.45, 2.75) is 13.8 Å². The van der Waals surface area contributed by atoms with Crippen LogP contribution in [0.4, 0.5) is 0 Å². The third-order valence-corrected chi connectivity index (χ3v) is 11.2. The van der Waals surface area contributed by atoms with E-state index < -0.39 is 0 Å². The Hall–Kier alpha value is -7.73. The molecule has 2 heteroatoms. The standard InChI is InChI=1S/C57H42N2/c1-5-9-18-40(7-3)52(44-21-11-10-12-22-44)35-39-25-27-43(28-26-39)49-33-34-53-58-56-54(47-31-29-41-19-13-15-23-45(41)36-47)50(8-4)51(17-6-2)55(57(56)59(53)38-49)48-32-30-42-20-14-16-24-46(42)37-48/h2,5,7-38H,1H2,3-4H3/b18-9-,40-7+,50-8+,51-17+,52-35-. The molecule has 2 aromatic heterocycles. The first-order valence-corrected chi connectivity index (χ1v) is 20.0.